The Kier molecular flexibility index (Phi) is 5.41. The lowest BCUT2D eigenvalue weighted by Gasteiger charge is -2.26. The summed E-state index contributed by atoms with van der Waals surface area (Å²) in [5, 5.41) is 6.36. The lowest BCUT2D eigenvalue weighted by atomic mass is 9.93. The molecule has 1 aliphatic heterocycles. The van der Waals surface area contributed by atoms with Crippen LogP contribution in [0.15, 0.2) is 30.3 Å². The van der Waals surface area contributed by atoms with E-state index in [4.69, 9.17) is 4.74 Å². The molecular weight excluding hydrogens is 252 g/mol. The van der Waals surface area contributed by atoms with Gasteiger partial charge in [-0.15, -0.1) is 0 Å². The summed E-state index contributed by atoms with van der Waals surface area (Å²) in [6, 6.07) is 9.74. The van der Waals surface area contributed by atoms with Crippen LogP contribution >= 0.6 is 0 Å². The quantitative estimate of drug-likeness (QED) is 0.750. The minimum absolute atomic E-state index is 0.136. The van der Waals surface area contributed by atoms with Crippen LogP contribution in [0.1, 0.15) is 32.6 Å². The Hall–Kier alpha value is -1.55. The maximum atomic E-state index is 12.2. The smallest absolute Gasteiger partial charge is 0.240 e. The van der Waals surface area contributed by atoms with Crippen LogP contribution in [0, 0.1) is 0 Å². The van der Waals surface area contributed by atoms with Gasteiger partial charge >= 0.3 is 0 Å². The fraction of sp³-hybridized carbons (Fsp3) is 0.562. The van der Waals surface area contributed by atoms with Gasteiger partial charge in [0.05, 0.1) is 12.1 Å². The summed E-state index contributed by atoms with van der Waals surface area (Å²) in [5.41, 5.74) is -0.333. The van der Waals surface area contributed by atoms with Crippen molar-refractivity contribution < 1.29 is 9.53 Å². The van der Waals surface area contributed by atoms with E-state index in [1.54, 1.807) is 0 Å². The average molecular weight is 276 g/mol. The van der Waals surface area contributed by atoms with E-state index < -0.39 is 0 Å². The Labute approximate surface area is 120 Å². The third-order valence-electron chi connectivity index (χ3n) is 3.90. The number of rotatable bonds is 7. The van der Waals surface area contributed by atoms with Crippen LogP contribution in [0.4, 0.5) is 0 Å². The zero-order valence-electron chi connectivity index (χ0n) is 12.2. The monoisotopic (exact) mass is 276 g/mol. The molecule has 1 atom stereocenters. The van der Waals surface area contributed by atoms with Crippen LogP contribution in [-0.2, 0) is 4.79 Å². The van der Waals surface area contributed by atoms with Gasteiger partial charge in [0.25, 0.3) is 0 Å². The van der Waals surface area contributed by atoms with E-state index in [2.05, 4.69) is 17.6 Å². The van der Waals surface area contributed by atoms with Gasteiger partial charge in [-0.3, -0.25) is 4.79 Å². The molecule has 1 aromatic rings. The number of carbonyl (C=O) groups is 1. The predicted octanol–water partition coefficient (Wildman–Crippen LogP) is 2.10. The Balaban J connectivity index is 1.64. The number of carbonyl (C=O) groups excluding carboxylic acids is 1. The van der Waals surface area contributed by atoms with Crippen molar-refractivity contribution in [2.24, 2.45) is 0 Å². The minimum atomic E-state index is -0.333. The largest absolute Gasteiger partial charge is 0.494 e. The maximum Gasteiger partial charge on any atom is 0.240 e. The third-order valence-corrected chi connectivity index (χ3v) is 3.90. The van der Waals surface area contributed by atoms with Crippen molar-refractivity contribution in [2.45, 2.75) is 38.1 Å². The van der Waals surface area contributed by atoms with Crippen molar-refractivity contribution in [3.63, 3.8) is 0 Å². The first-order chi connectivity index (χ1) is 9.77. The number of para-hydroxylation sites is 1. The molecule has 1 saturated heterocycles. The number of hydrogen-bond donors (Lipinski definition) is 2. The van der Waals surface area contributed by atoms with Crippen LogP contribution in [0.25, 0.3) is 0 Å². The fourth-order valence-corrected chi connectivity index (χ4v) is 2.61. The van der Waals surface area contributed by atoms with Crippen molar-refractivity contribution >= 4 is 5.91 Å². The Morgan fingerprint density at radius 3 is 2.85 bits per heavy atom. The molecule has 1 amide bonds. The first kappa shape index (κ1) is 14.9. The van der Waals surface area contributed by atoms with Gasteiger partial charge in [0.15, 0.2) is 0 Å². The summed E-state index contributed by atoms with van der Waals surface area (Å²) in [7, 11) is 0. The van der Waals surface area contributed by atoms with E-state index >= 15 is 0 Å². The van der Waals surface area contributed by atoms with Gasteiger partial charge in [-0.05, 0) is 44.4 Å². The first-order valence-corrected chi connectivity index (χ1v) is 7.48. The molecule has 1 aromatic carbocycles. The molecule has 4 heteroatoms. The van der Waals surface area contributed by atoms with Gasteiger partial charge in [0.2, 0.25) is 5.91 Å². The Bertz CT molecular complexity index is 414. The van der Waals surface area contributed by atoms with Crippen molar-refractivity contribution in [3.8, 4) is 5.75 Å². The molecule has 20 heavy (non-hydrogen) atoms. The van der Waals surface area contributed by atoms with Crippen LogP contribution in [0.2, 0.25) is 0 Å². The second kappa shape index (κ2) is 7.29. The molecular formula is C16H24N2O2. The Morgan fingerprint density at radius 1 is 1.40 bits per heavy atom. The van der Waals surface area contributed by atoms with Crippen molar-refractivity contribution in [1.82, 2.24) is 10.6 Å². The molecule has 0 bridgehead atoms. The second-order valence-corrected chi connectivity index (χ2v) is 5.24. The highest BCUT2D eigenvalue weighted by Gasteiger charge is 2.38. The van der Waals surface area contributed by atoms with E-state index in [-0.39, 0.29) is 11.4 Å². The zero-order chi connectivity index (χ0) is 14.3. The predicted molar refractivity (Wildman–Crippen MR) is 79.8 cm³/mol. The van der Waals surface area contributed by atoms with Gasteiger partial charge in [-0.25, -0.2) is 0 Å². The highest BCUT2D eigenvalue weighted by atomic mass is 16.5. The minimum Gasteiger partial charge on any atom is -0.494 e. The SMILES string of the molecule is CCC1(C(=O)NCCCOc2ccccc2)CCCN1. The molecule has 0 aliphatic carbocycles. The molecule has 2 N–H and O–H groups in total. The molecule has 110 valence electrons. The summed E-state index contributed by atoms with van der Waals surface area (Å²) in [6.45, 7) is 4.29. The lowest BCUT2D eigenvalue weighted by molar-refractivity contribution is -0.127. The molecule has 4 nitrogen and oxygen atoms in total. The number of nitrogens with one attached hydrogen (secondary N) is 2. The number of ether oxygens (including phenoxy) is 1. The normalized spacial score (nSPS) is 21.6. The molecule has 0 radical (unpaired) electrons. The van der Waals surface area contributed by atoms with E-state index in [0.29, 0.717) is 13.2 Å². The average Bonchev–Trinajstić information content (AvgIpc) is 2.98. The van der Waals surface area contributed by atoms with E-state index in [1.807, 2.05) is 30.3 Å². The van der Waals surface area contributed by atoms with E-state index in [9.17, 15) is 4.79 Å². The topological polar surface area (TPSA) is 50.4 Å². The molecule has 1 aliphatic rings. The summed E-state index contributed by atoms with van der Waals surface area (Å²) < 4.78 is 5.60. The Morgan fingerprint density at radius 2 is 2.20 bits per heavy atom. The standard InChI is InChI=1S/C16H24N2O2/c1-2-16(10-6-12-18-16)15(19)17-11-7-13-20-14-8-4-3-5-9-14/h3-5,8-9,18H,2,6-7,10-13H2,1H3,(H,17,19). The number of benzene rings is 1. The van der Waals surface area contributed by atoms with E-state index in [1.165, 1.54) is 0 Å². The molecule has 1 fully saturated rings. The van der Waals surface area contributed by atoms with Crippen molar-refractivity contribution in [2.75, 3.05) is 19.7 Å². The maximum absolute atomic E-state index is 12.2. The van der Waals surface area contributed by atoms with Gasteiger partial charge in [-0.1, -0.05) is 25.1 Å². The van der Waals surface area contributed by atoms with Crippen LogP contribution in [0.5, 0.6) is 5.75 Å². The lowest BCUT2D eigenvalue weighted by Crippen LogP contribution is -2.53. The summed E-state index contributed by atoms with van der Waals surface area (Å²) in [6.07, 6.45) is 3.69. The van der Waals surface area contributed by atoms with E-state index in [0.717, 1.165) is 38.0 Å². The molecule has 0 aromatic heterocycles. The second-order valence-electron chi connectivity index (χ2n) is 5.24. The van der Waals surface area contributed by atoms with Gasteiger partial charge in [0, 0.05) is 6.54 Å². The van der Waals surface area contributed by atoms with Crippen LogP contribution < -0.4 is 15.4 Å². The highest BCUT2D eigenvalue weighted by Crippen LogP contribution is 2.22. The summed E-state index contributed by atoms with van der Waals surface area (Å²) >= 11 is 0. The van der Waals surface area contributed by atoms with Crippen LogP contribution in [-0.4, -0.2) is 31.1 Å². The van der Waals surface area contributed by atoms with Crippen molar-refractivity contribution in [3.05, 3.63) is 30.3 Å². The molecule has 1 heterocycles. The highest BCUT2D eigenvalue weighted by molar-refractivity contribution is 5.86. The molecule has 1 unspecified atom stereocenters. The van der Waals surface area contributed by atoms with Gasteiger partial charge in [0.1, 0.15) is 5.75 Å². The summed E-state index contributed by atoms with van der Waals surface area (Å²) in [5.74, 6) is 1.01. The van der Waals surface area contributed by atoms with Crippen LogP contribution in [0.3, 0.4) is 0 Å². The summed E-state index contributed by atoms with van der Waals surface area (Å²) in [4.78, 5) is 12.2. The van der Waals surface area contributed by atoms with Crippen molar-refractivity contribution in [1.29, 1.82) is 0 Å². The number of hydrogen-bond acceptors (Lipinski definition) is 3. The zero-order valence-corrected chi connectivity index (χ0v) is 12.2. The molecule has 0 spiro atoms. The molecule has 0 saturated carbocycles. The van der Waals surface area contributed by atoms with Gasteiger partial charge < -0.3 is 15.4 Å². The van der Waals surface area contributed by atoms with Gasteiger partial charge in [-0.2, -0.15) is 0 Å². The molecule has 2 rings (SSSR count). The fourth-order valence-electron chi connectivity index (χ4n) is 2.61. The number of amides is 1. The third kappa shape index (κ3) is 3.73. The first-order valence-electron chi connectivity index (χ1n) is 7.48.